The van der Waals surface area contributed by atoms with E-state index in [2.05, 4.69) is 53.4 Å². The largest absolute Gasteiger partial charge is 0.473 e. The Kier molecular flexibility index (Phi) is 10.5. The number of esters is 1. The summed E-state index contributed by atoms with van der Waals surface area (Å²) >= 11 is 0. The Balaban J connectivity index is 0.000000538. The molecular weight excluding hydrogens is 462 g/mol. The van der Waals surface area contributed by atoms with Crippen LogP contribution in [-0.2, 0) is 36.7 Å². The van der Waals surface area contributed by atoms with Crippen LogP contribution in [0, 0.1) is 5.92 Å². The lowest BCUT2D eigenvalue weighted by atomic mass is 9.93. The van der Waals surface area contributed by atoms with E-state index in [1.165, 1.54) is 22.3 Å². The van der Waals surface area contributed by atoms with E-state index in [1.54, 1.807) is 0 Å². The third-order valence-electron chi connectivity index (χ3n) is 6.70. The zero-order valence-electron chi connectivity index (χ0n) is 20.7. The molecule has 0 atom stereocenters. The van der Waals surface area contributed by atoms with Crippen molar-refractivity contribution in [2.24, 2.45) is 5.92 Å². The molecule has 2 aromatic carbocycles. The molecule has 0 bridgehead atoms. The number of aryl methyl sites for hydroxylation is 2. The highest BCUT2D eigenvalue weighted by molar-refractivity contribution is 6.27. The Hall–Kier alpha value is -3.23. The van der Waals surface area contributed by atoms with E-state index in [0.717, 1.165) is 51.8 Å². The Morgan fingerprint density at radius 3 is 1.92 bits per heavy atom. The van der Waals surface area contributed by atoms with Crippen LogP contribution in [0.4, 0.5) is 0 Å². The number of aliphatic carboxylic acids is 2. The Morgan fingerprint density at radius 2 is 1.42 bits per heavy atom. The monoisotopic (exact) mass is 497 g/mol. The SMILES string of the molecule is CCOC(=O)CN1CCC(CCOC2c3ccccc3CCc3ccccc32)CC1.O=C(O)C(=O)O. The summed E-state index contributed by atoms with van der Waals surface area (Å²) in [4.78, 5) is 32.1. The molecule has 36 heavy (non-hydrogen) atoms. The van der Waals surface area contributed by atoms with Gasteiger partial charge in [0.05, 0.1) is 13.2 Å². The number of hydrogen-bond donors (Lipinski definition) is 2. The van der Waals surface area contributed by atoms with E-state index < -0.39 is 11.9 Å². The number of ether oxygens (including phenoxy) is 2. The fourth-order valence-corrected chi connectivity index (χ4v) is 4.83. The van der Waals surface area contributed by atoms with E-state index in [-0.39, 0.29) is 12.1 Å². The topological polar surface area (TPSA) is 113 Å². The van der Waals surface area contributed by atoms with Crippen molar-refractivity contribution < 1.29 is 34.1 Å². The zero-order valence-corrected chi connectivity index (χ0v) is 20.7. The molecule has 0 aromatic heterocycles. The summed E-state index contributed by atoms with van der Waals surface area (Å²) in [5, 5.41) is 14.8. The van der Waals surface area contributed by atoms with Crippen LogP contribution in [-0.4, -0.2) is 65.9 Å². The zero-order chi connectivity index (χ0) is 25.9. The summed E-state index contributed by atoms with van der Waals surface area (Å²) in [6, 6.07) is 17.5. The maximum absolute atomic E-state index is 11.7. The maximum atomic E-state index is 11.7. The van der Waals surface area contributed by atoms with Crippen molar-refractivity contribution >= 4 is 17.9 Å². The van der Waals surface area contributed by atoms with Crippen molar-refractivity contribution in [2.75, 3.05) is 32.8 Å². The fourth-order valence-electron chi connectivity index (χ4n) is 4.83. The van der Waals surface area contributed by atoms with Gasteiger partial charge in [0.25, 0.3) is 0 Å². The normalized spacial score (nSPS) is 16.0. The Labute approximate surface area is 211 Å². The molecule has 0 spiro atoms. The first-order valence-corrected chi connectivity index (χ1v) is 12.5. The number of likely N-dealkylation sites (tertiary alicyclic amines) is 1. The molecule has 4 rings (SSSR count). The quantitative estimate of drug-likeness (QED) is 0.440. The van der Waals surface area contributed by atoms with Crippen LogP contribution in [0.3, 0.4) is 0 Å². The first-order valence-electron chi connectivity index (χ1n) is 12.5. The molecule has 0 radical (unpaired) electrons. The van der Waals surface area contributed by atoms with Gasteiger partial charge in [-0.2, -0.15) is 0 Å². The van der Waals surface area contributed by atoms with Crippen molar-refractivity contribution in [2.45, 2.75) is 45.1 Å². The lowest BCUT2D eigenvalue weighted by molar-refractivity contribution is -0.159. The lowest BCUT2D eigenvalue weighted by Gasteiger charge is -2.31. The fraction of sp³-hybridized carbons (Fsp3) is 0.464. The van der Waals surface area contributed by atoms with Gasteiger partial charge in [-0.15, -0.1) is 0 Å². The predicted octanol–water partition coefficient (Wildman–Crippen LogP) is 3.71. The molecule has 2 aliphatic rings. The molecule has 194 valence electrons. The second-order valence-corrected chi connectivity index (χ2v) is 9.07. The smallest absolute Gasteiger partial charge is 0.414 e. The summed E-state index contributed by atoms with van der Waals surface area (Å²) < 4.78 is 11.6. The van der Waals surface area contributed by atoms with Gasteiger partial charge in [0.15, 0.2) is 0 Å². The van der Waals surface area contributed by atoms with Crippen LogP contribution in [0.2, 0.25) is 0 Å². The van der Waals surface area contributed by atoms with Crippen molar-refractivity contribution in [1.82, 2.24) is 4.90 Å². The molecule has 0 amide bonds. The number of carboxylic acid groups (broad SMARTS) is 2. The van der Waals surface area contributed by atoms with Gasteiger partial charge < -0.3 is 19.7 Å². The van der Waals surface area contributed by atoms with Crippen LogP contribution in [0.25, 0.3) is 0 Å². The van der Waals surface area contributed by atoms with Gasteiger partial charge in [-0.05, 0) is 80.3 Å². The van der Waals surface area contributed by atoms with Crippen molar-refractivity contribution in [3.63, 3.8) is 0 Å². The summed E-state index contributed by atoms with van der Waals surface area (Å²) in [6.07, 6.45) is 5.51. The Morgan fingerprint density at radius 1 is 0.889 bits per heavy atom. The molecule has 1 aliphatic carbocycles. The number of carbonyl (C=O) groups excluding carboxylic acids is 1. The summed E-state index contributed by atoms with van der Waals surface area (Å²) in [5.74, 6) is -3.09. The highest BCUT2D eigenvalue weighted by Gasteiger charge is 2.25. The minimum absolute atomic E-state index is 0.0313. The van der Waals surface area contributed by atoms with Gasteiger partial charge in [-0.3, -0.25) is 9.69 Å². The molecular formula is C28H35NO7. The number of fused-ring (bicyclic) bond motifs is 2. The van der Waals surface area contributed by atoms with E-state index in [9.17, 15) is 4.79 Å². The highest BCUT2D eigenvalue weighted by atomic mass is 16.5. The van der Waals surface area contributed by atoms with E-state index >= 15 is 0 Å². The number of carbonyl (C=O) groups is 3. The molecule has 1 fully saturated rings. The first-order chi connectivity index (χ1) is 17.4. The van der Waals surface area contributed by atoms with E-state index in [4.69, 9.17) is 29.3 Å². The van der Waals surface area contributed by atoms with Gasteiger partial charge in [0.1, 0.15) is 6.10 Å². The maximum Gasteiger partial charge on any atom is 0.414 e. The minimum atomic E-state index is -1.82. The van der Waals surface area contributed by atoms with Crippen molar-refractivity contribution in [3.8, 4) is 0 Å². The number of hydrogen-bond acceptors (Lipinski definition) is 6. The number of rotatable bonds is 7. The van der Waals surface area contributed by atoms with Gasteiger partial charge >= 0.3 is 17.9 Å². The van der Waals surface area contributed by atoms with Crippen molar-refractivity contribution in [3.05, 3.63) is 70.8 Å². The van der Waals surface area contributed by atoms with Crippen LogP contribution in [0.15, 0.2) is 48.5 Å². The summed E-state index contributed by atoms with van der Waals surface area (Å²) in [5.41, 5.74) is 5.47. The molecule has 2 aromatic rings. The second kappa shape index (κ2) is 13.8. The van der Waals surface area contributed by atoms with Crippen LogP contribution >= 0.6 is 0 Å². The average Bonchev–Trinajstić information content (AvgIpc) is 3.03. The Bertz CT molecular complexity index is 971. The predicted molar refractivity (Wildman–Crippen MR) is 134 cm³/mol. The second-order valence-electron chi connectivity index (χ2n) is 9.07. The molecule has 2 N–H and O–H groups in total. The average molecular weight is 498 g/mol. The number of nitrogens with zero attached hydrogens (tertiary/aromatic N) is 1. The van der Waals surface area contributed by atoms with Gasteiger partial charge in [-0.25, -0.2) is 9.59 Å². The molecule has 0 unspecified atom stereocenters. The summed E-state index contributed by atoms with van der Waals surface area (Å²) in [6.45, 7) is 5.45. The molecule has 1 heterocycles. The number of benzene rings is 2. The summed E-state index contributed by atoms with van der Waals surface area (Å²) in [7, 11) is 0. The number of carboxylic acids is 2. The molecule has 1 aliphatic heterocycles. The standard InChI is InChI=1S/C26H33NO3.C2H2O4/c1-2-29-25(28)19-27-16-13-20(14-17-27)15-18-30-26-23-9-5-3-7-21(23)11-12-22-8-4-6-10-24(22)26;3-1(4)2(5)6/h3-10,20,26H,2,11-19H2,1H3;(H,3,4)(H,5,6). The lowest BCUT2D eigenvalue weighted by Crippen LogP contribution is -2.38. The minimum Gasteiger partial charge on any atom is -0.473 e. The highest BCUT2D eigenvalue weighted by Crippen LogP contribution is 2.35. The molecule has 0 saturated carbocycles. The van der Waals surface area contributed by atoms with Gasteiger partial charge in [-0.1, -0.05) is 48.5 Å². The van der Waals surface area contributed by atoms with Gasteiger partial charge in [0.2, 0.25) is 0 Å². The van der Waals surface area contributed by atoms with Crippen molar-refractivity contribution in [1.29, 1.82) is 0 Å². The van der Waals surface area contributed by atoms with E-state index in [0.29, 0.717) is 19.1 Å². The number of piperidine rings is 1. The molecule has 8 nitrogen and oxygen atoms in total. The third-order valence-corrected chi connectivity index (χ3v) is 6.70. The third kappa shape index (κ3) is 7.90. The first kappa shape index (κ1) is 27.4. The van der Waals surface area contributed by atoms with Crippen LogP contribution in [0.5, 0.6) is 0 Å². The molecule has 1 saturated heterocycles. The van der Waals surface area contributed by atoms with Crippen LogP contribution in [0.1, 0.15) is 54.5 Å². The van der Waals surface area contributed by atoms with Crippen LogP contribution < -0.4 is 0 Å². The van der Waals surface area contributed by atoms with Gasteiger partial charge in [0, 0.05) is 6.61 Å². The molecule has 8 heteroatoms. The van der Waals surface area contributed by atoms with E-state index in [1.807, 2.05) is 6.92 Å².